The molecule has 18 nitrogen and oxygen atoms in total. The van der Waals surface area contributed by atoms with Crippen molar-refractivity contribution in [2.24, 2.45) is 5.92 Å². The van der Waals surface area contributed by atoms with Crippen LogP contribution in [0.1, 0.15) is 6.23 Å². The summed E-state index contributed by atoms with van der Waals surface area (Å²) in [5.74, 6) is -2.80. The van der Waals surface area contributed by atoms with Crippen molar-refractivity contribution in [1.82, 2.24) is 19.5 Å². The fourth-order valence-corrected chi connectivity index (χ4v) is 7.67. The van der Waals surface area contributed by atoms with E-state index in [9.17, 15) is 33.4 Å². The fraction of sp³-hybridized carbons (Fsp3) is 0.615. The predicted octanol–water partition coefficient (Wildman–Crippen LogP) is -1.32. The van der Waals surface area contributed by atoms with Crippen LogP contribution >= 0.6 is 23.0 Å². The smallest absolute Gasteiger partial charge is 0.388 e. The minimum atomic E-state index is -5.30. The number of ether oxygens (including phenoxy) is 2. The van der Waals surface area contributed by atoms with Crippen LogP contribution in [-0.2, 0) is 32.0 Å². The lowest BCUT2D eigenvalue weighted by Gasteiger charge is -2.21. The zero-order valence-electron chi connectivity index (χ0n) is 17.3. The highest BCUT2D eigenvalue weighted by Gasteiger charge is 2.47. The minimum absolute atomic E-state index is 0.0159. The van der Waals surface area contributed by atoms with Gasteiger partial charge in [-0.05, 0) is 0 Å². The summed E-state index contributed by atoms with van der Waals surface area (Å²) in [4.78, 5) is 58.9. The normalized spacial score (nSPS) is 27.0. The van der Waals surface area contributed by atoms with E-state index < -0.39 is 65.4 Å². The quantitative estimate of drug-likeness (QED) is 0.169. The van der Waals surface area contributed by atoms with Crippen molar-refractivity contribution in [3.8, 4) is 0 Å². The molecule has 2 unspecified atom stereocenters. The Bertz CT molecular complexity index is 1240. The van der Waals surface area contributed by atoms with Gasteiger partial charge in [0.2, 0.25) is 5.95 Å². The first-order valence-corrected chi connectivity index (χ1v) is 14.3. The Kier molecular flexibility index (Phi) is 7.85. The molecule has 1 aliphatic heterocycles. The van der Waals surface area contributed by atoms with Gasteiger partial charge in [-0.15, -0.1) is 0 Å². The number of fused-ring (bicyclic) bond motifs is 1. The summed E-state index contributed by atoms with van der Waals surface area (Å²) in [5.41, 5.74) is 4.81. The molecule has 2 aromatic heterocycles. The van der Waals surface area contributed by atoms with Crippen molar-refractivity contribution in [3.63, 3.8) is 0 Å². The fourth-order valence-electron chi connectivity index (χ4n) is 3.32. The van der Waals surface area contributed by atoms with Crippen LogP contribution in [0.5, 0.6) is 0 Å². The molecule has 3 rings (SSSR count). The van der Waals surface area contributed by atoms with Crippen molar-refractivity contribution in [1.29, 1.82) is 0 Å². The van der Waals surface area contributed by atoms with Gasteiger partial charge < -0.3 is 39.9 Å². The van der Waals surface area contributed by atoms with Gasteiger partial charge in [0, 0.05) is 13.0 Å². The topological polar surface area (TPSA) is 279 Å². The van der Waals surface area contributed by atoms with Crippen molar-refractivity contribution >= 4 is 40.1 Å². The van der Waals surface area contributed by atoms with Crippen LogP contribution in [0.3, 0.4) is 0 Å². The third-order valence-corrected chi connectivity index (χ3v) is 9.83. The number of nitrogens with zero attached hydrogens (tertiary/aromatic N) is 3. The molecule has 21 heteroatoms. The molecule has 0 aliphatic carbocycles. The number of hydrogen-bond acceptors (Lipinski definition) is 12. The molecular formula is C13H22N5O13P3. The van der Waals surface area contributed by atoms with E-state index >= 15 is 0 Å². The molecule has 0 spiro atoms. The standard InChI is InChI=1S/C13H22N5O13P3/c1-28-2-6-7(3-29-34(26,27)31-33(24,25)5-32(21,22)23)30-12(9(6)19)18-4-15-8-10(18)16-13(14)17-11(8)20/h4,6-7,9,12,19H,2-3,5H2,1H3,(H,24,25)(H,26,27)(H2,21,22,23)(H3,14,16,17,20)/t6-,7-,9-,12-/m1/s1. The van der Waals surface area contributed by atoms with E-state index in [-0.39, 0.29) is 23.7 Å². The molecular weight excluding hydrogens is 527 g/mol. The Hall–Kier alpha value is -1.52. The Morgan fingerprint density at radius 1 is 1.24 bits per heavy atom. The summed E-state index contributed by atoms with van der Waals surface area (Å²) in [5, 5.41) is 10.8. The lowest BCUT2D eigenvalue weighted by atomic mass is 9.99. The number of aromatic amines is 1. The molecule has 0 saturated carbocycles. The third-order valence-electron chi connectivity index (χ3n) is 4.60. The van der Waals surface area contributed by atoms with Crippen LogP contribution in [0.25, 0.3) is 11.2 Å². The number of phosphoric ester groups is 1. The first kappa shape index (κ1) is 27.1. The first-order valence-electron chi connectivity index (χ1n) is 9.22. The molecule has 1 saturated heterocycles. The van der Waals surface area contributed by atoms with E-state index in [1.54, 1.807) is 0 Å². The van der Waals surface area contributed by atoms with E-state index in [0.717, 1.165) is 6.33 Å². The van der Waals surface area contributed by atoms with Crippen molar-refractivity contribution in [2.75, 3.05) is 32.0 Å². The summed E-state index contributed by atoms with van der Waals surface area (Å²) < 4.78 is 55.4. The van der Waals surface area contributed by atoms with Crippen LogP contribution < -0.4 is 11.3 Å². The average molecular weight is 549 g/mol. The monoisotopic (exact) mass is 549 g/mol. The third kappa shape index (κ3) is 6.37. The molecule has 0 aromatic carbocycles. The van der Waals surface area contributed by atoms with Crippen LogP contribution in [0.4, 0.5) is 5.95 Å². The van der Waals surface area contributed by atoms with Crippen LogP contribution in [0, 0.1) is 5.92 Å². The maximum Gasteiger partial charge on any atom is 0.479 e. The van der Waals surface area contributed by atoms with Gasteiger partial charge in [-0.25, -0.2) is 13.9 Å². The number of H-pyrrole nitrogens is 1. The maximum atomic E-state index is 12.1. The number of phosphoric acid groups is 1. The molecule has 192 valence electrons. The number of hydrogen-bond donors (Lipinski definition) is 7. The second-order valence-corrected chi connectivity index (χ2v) is 12.8. The highest BCUT2D eigenvalue weighted by atomic mass is 31.3. The second kappa shape index (κ2) is 9.85. The lowest BCUT2D eigenvalue weighted by Crippen LogP contribution is -2.32. The number of anilines is 1. The first-order chi connectivity index (χ1) is 15.6. The van der Waals surface area contributed by atoms with Gasteiger partial charge in [0.15, 0.2) is 23.3 Å². The maximum absolute atomic E-state index is 12.1. The Morgan fingerprint density at radius 2 is 1.91 bits per heavy atom. The number of rotatable bonds is 10. The molecule has 0 bridgehead atoms. The molecule has 1 aliphatic rings. The zero-order chi connectivity index (χ0) is 25.5. The largest absolute Gasteiger partial charge is 0.479 e. The molecule has 1 fully saturated rings. The number of nitrogens with one attached hydrogen (secondary N) is 1. The number of methoxy groups -OCH3 is 1. The predicted molar refractivity (Wildman–Crippen MR) is 111 cm³/mol. The van der Waals surface area contributed by atoms with E-state index in [1.165, 1.54) is 11.7 Å². The van der Waals surface area contributed by atoms with Gasteiger partial charge in [-0.2, -0.15) is 4.98 Å². The minimum Gasteiger partial charge on any atom is -0.388 e. The summed E-state index contributed by atoms with van der Waals surface area (Å²) in [6, 6.07) is 0. The highest BCUT2D eigenvalue weighted by Crippen LogP contribution is 2.65. The van der Waals surface area contributed by atoms with Crippen molar-refractivity contribution in [3.05, 3.63) is 16.7 Å². The van der Waals surface area contributed by atoms with Gasteiger partial charge in [0.1, 0.15) is 6.10 Å². The van der Waals surface area contributed by atoms with Gasteiger partial charge >= 0.3 is 23.0 Å². The summed E-state index contributed by atoms with van der Waals surface area (Å²) in [7, 11) is -14.2. The zero-order valence-corrected chi connectivity index (χ0v) is 20.0. The van der Waals surface area contributed by atoms with Crippen LogP contribution in [0.2, 0.25) is 0 Å². The van der Waals surface area contributed by atoms with E-state index in [4.69, 9.17) is 25.0 Å². The molecule has 34 heavy (non-hydrogen) atoms. The molecule has 6 atom stereocenters. The highest BCUT2D eigenvalue weighted by molar-refractivity contribution is 7.73. The van der Waals surface area contributed by atoms with Gasteiger partial charge in [0.25, 0.3) is 5.56 Å². The molecule has 8 N–H and O–H groups in total. The SMILES string of the molecule is COC[C@H]1[C@@H](O)[C@H](n2cnc3c(=O)[nH]c(N)nc32)O[C@@H]1COP(=O)(O)OP(=O)(O)CP(=O)(O)O. The van der Waals surface area contributed by atoms with Gasteiger partial charge in [-0.1, -0.05) is 0 Å². The number of aliphatic hydroxyl groups is 1. The number of aliphatic hydroxyl groups excluding tert-OH is 1. The lowest BCUT2D eigenvalue weighted by molar-refractivity contribution is -0.0490. The molecule has 2 aromatic rings. The number of nitrogens with two attached hydrogens (primary N) is 1. The van der Waals surface area contributed by atoms with E-state index in [0.29, 0.717) is 0 Å². The average Bonchev–Trinajstić information content (AvgIpc) is 3.19. The Morgan fingerprint density at radius 3 is 2.53 bits per heavy atom. The van der Waals surface area contributed by atoms with Gasteiger partial charge in [-0.3, -0.25) is 28.0 Å². The van der Waals surface area contributed by atoms with Crippen LogP contribution in [-0.4, -0.2) is 82.6 Å². The van der Waals surface area contributed by atoms with Gasteiger partial charge in [0.05, 0.1) is 25.6 Å². The molecule has 3 heterocycles. The Balaban J connectivity index is 1.79. The molecule has 0 radical (unpaired) electrons. The van der Waals surface area contributed by atoms with E-state index in [2.05, 4.69) is 23.8 Å². The molecule has 0 amide bonds. The summed E-state index contributed by atoms with van der Waals surface area (Å²) in [6.07, 6.45) is -2.53. The number of imidazole rings is 1. The van der Waals surface area contributed by atoms with Crippen LogP contribution in [0.15, 0.2) is 11.1 Å². The number of aromatic nitrogens is 4. The van der Waals surface area contributed by atoms with Crippen molar-refractivity contribution in [2.45, 2.75) is 18.4 Å². The second-order valence-electron chi connectivity index (χ2n) is 7.24. The number of nitrogen functional groups attached to an aromatic ring is 1. The van der Waals surface area contributed by atoms with E-state index in [1.807, 2.05) is 0 Å². The summed E-state index contributed by atoms with van der Waals surface area (Å²) >= 11 is 0. The Labute approximate surface area is 190 Å². The summed E-state index contributed by atoms with van der Waals surface area (Å²) in [6.45, 7) is -0.893. The van der Waals surface area contributed by atoms with Crippen molar-refractivity contribution < 1.29 is 56.7 Å².